The molecule has 0 aromatic heterocycles. The van der Waals surface area contributed by atoms with E-state index in [9.17, 15) is 24.3 Å². The number of carbonyl (C=O) groups excluding carboxylic acids is 3. The van der Waals surface area contributed by atoms with Crippen LogP contribution in [0.4, 0.5) is 0 Å². The summed E-state index contributed by atoms with van der Waals surface area (Å²) in [6.07, 6.45) is 1.91. The smallest absolute Gasteiger partial charge is 0.336 e. The number of carboxylic acids is 1. The number of fused-ring (bicyclic) bond motifs is 1. The molecule has 10 heteroatoms. The molecule has 2 unspecified atom stereocenters. The van der Waals surface area contributed by atoms with Crippen LogP contribution in [0.2, 0.25) is 0 Å². The zero-order valence-corrected chi connectivity index (χ0v) is 20.1. The lowest BCUT2D eigenvalue weighted by Crippen LogP contribution is -2.74. The maximum absolute atomic E-state index is 13.1. The Labute approximate surface area is 205 Å². The minimum atomic E-state index is -1.21. The molecule has 2 aliphatic heterocycles. The van der Waals surface area contributed by atoms with Crippen molar-refractivity contribution in [3.63, 3.8) is 0 Å². The van der Waals surface area contributed by atoms with Crippen LogP contribution in [0.3, 0.4) is 0 Å². The second-order valence-electron chi connectivity index (χ2n) is 8.24. The molecule has 2 amide bonds. The van der Waals surface area contributed by atoms with Crippen molar-refractivity contribution in [2.24, 2.45) is 5.41 Å². The van der Waals surface area contributed by atoms with E-state index in [1.165, 1.54) is 41.7 Å². The van der Waals surface area contributed by atoms with Gasteiger partial charge in [-0.3, -0.25) is 14.4 Å². The molecule has 2 aromatic carbocycles. The lowest BCUT2D eigenvalue weighted by Gasteiger charge is -2.54. The molecule has 2 N–H and O–H groups in total. The van der Waals surface area contributed by atoms with Crippen molar-refractivity contribution in [2.75, 3.05) is 24.3 Å². The first-order chi connectivity index (χ1) is 16.4. The topological polar surface area (TPSA) is 113 Å². The van der Waals surface area contributed by atoms with Crippen LogP contribution in [-0.2, 0) is 20.9 Å². The number of ether oxygens (including phenoxy) is 1. The Morgan fingerprint density at radius 3 is 2.50 bits per heavy atom. The van der Waals surface area contributed by atoms with E-state index in [4.69, 9.17) is 4.74 Å². The van der Waals surface area contributed by atoms with Crippen molar-refractivity contribution in [1.29, 1.82) is 0 Å². The number of thioether (sulfide) groups is 2. The highest BCUT2D eigenvalue weighted by Gasteiger charge is 2.57. The lowest BCUT2D eigenvalue weighted by atomic mass is 9.89. The number of aromatic carboxylic acids is 1. The van der Waals surface area contributed by atoms with Crippen LogP contribution in [-0.4, -0.2) is 69.5 Å². The molecule has 2 saturated heterocycles. The van der Waals surface area contributed by atoms with Crippen molar-refractivity contribution < 1.29 is 29.0 Å². The number of amides is 2. The van der Waals surface area contributed by atoms with Crippen LogP contribution in [0.15, 0.2) is 54.6 Å². The van der Waals surface area contributed by atoms with E-state index in [0.29, 0.717) is 11.5 Å². The molecule has 2 fully saturated rings. The first kappa shape index (κ1) is 24.2. The largest absolute Gasteiger partial charge is 0.478 e. The number of benzene rings is 2. The van der Waals surface area contributed by atoms with Crippen LogP contribution >= 0.6 is 23.5 Å². The zero-order chi connectivity index (χ0) is 24.3. The Balaban J connectivity index is 1.42. The second-order valence-corrected chi connectivity index (χ2v) is 10.2. The van der Waals surface area contributed by atoms with E-state index in [1.54, 1.807) is 11.0 Å². The van der Waals surface area contributed by atoms with E-state index in [1.807, 2.05) is 36.6 Å². The van der Waals surface area contributed by atoms with Crippen molar-refractivity contribution >= 4 is 47.3 Å². The minimum absolute atomic E-state index is 0.00304. The number of carbonyl (C=O) groups is 4. The number of hydrogen-bond acceptors (Lipinski definition) is 7. The molecular weight excluding hydrogens is 476 g/mol. The fraction of sp³-hybridized carbons (Fsp3) is 0.333. The highest BCUT2D eigenvalue weighted by molar-refractivity contribution is 8.00. The molecule has 0 spiro atoms. The Morgan fingerprint density at radius 2 is 1.82 bits per heavy atom. The van der Waals surface area contributed by atoms with E-state index in [-0.39, 0.29) is 41.5 Å². The number of nitrogens with zero attached hydrogens (tertiary/aromatic N) is 1. The molecule has 3 atom stereocenters. The average Bonchev–Trinajstić information content (AvgIpc) is 2.86. The van der Waals surface area contributed by atoms with Crippen LogP contribution in [0.5, 0.6) is 0 Å². The van der Waals surface area contributed by atoms with Gasteiger partial charge in [-0.15, -0.1) is 11.8 Å². The van der Waals surface area contributed by atoms with E-state index < -0.39 is 23.3 Å². The molecule has 34 heavy (non-hydrogen) atoms. The monoisotopic (exact) mass is 500 g/mol. The molecule has 2 aromatic rings. The third kappa shape index (κ3) is 4.65. The van der Waals surface area contributed by atoms with Gasteiger partial charge >= 0.3 is 11.9 Å². The first-order valence-corrected chi connectivity index (χ1v) is 13.1. The van der Waals surface area contributed by atoms with Gasteiger partial charge in [0.05, 0.1) is 11.1 Å². The number of esters is 1. The quantitative estimate of drug-likeness (QED) is 0.420. The summed E-state index contributed by atoms with van der Waals surface area (Å²) in [4.78, 5) is 51.7. The van der Waals surface area contributed by atoms with Gasteiger partial charge in [-0.2, -0.15) is 11.8 Å². The minimum Gasteiger partial charge on any atom is -0.478 e. The molecule has 0 aliphatic carbocycles. The fourth-order valence-electron chi connectivity index (χ4n) is 4.14. The van der Waals surface area contributed by atoms with Crippen LogP contribution in [0, 0.1) is 5.41 Å². The first-order valence-electron chi connectivity index (χ1n) is 10.6. The summed E-state index contributed by atoms with van der Waals surface area (Å²) in [7, 11) is 0. The highest BCUT2D eigenvalue weighted by Crippen LogP contribution is 2.44. The molecule has 4 rings (SSSR count). The summed E-state index contributed by atoms with van der Waals surface area (Å²) in [5, 5.41) is 11.7. The van der Waals surface area contributed by atoms with Gasteiger partial charge in [-0.1, -0.05) is 42.5 Å². The van der Waals surface area contributed by atoms with Gasteiger partial charge in [0.1, 0.15) is 23.4 Å². The van der Waals surface area contributed by atoms with E-state index in [2.05, 4.69) is 5.32 Å². The molecule has 178 valence electrons. The van der Waals surface area contributed by atoms with Gasteiger partial charge < -0.3 is 20.1 Å². The normalized spacial score (nSPS) is 23.4. The number of rotatable bonds is 8. The third-order valence-electron chi connectivity index (χ3n) is 5.90. The summed E-state index contributed by atoms with van der Waals surface area (Å²) in [6.45, 7) is 0.384. The van der Waals surface area contributed by atoms with E-state index in [0.717, 1.165) is 5.56 Å². The number of β-lactam (4-membered cyclic amide) rings is 1. The standard InChI is InChI=1S/C24H24N2O6S2/c1-33-13-24(23(31)32-11-15-7-3-2-4-8-15)12-26-20(28)18(21(26)34-14-24)25-19(27)16-9-5-6-10-17(16)22(29)30/h2-10,18,21H,11-14H2,1H3,(H,25,27)(H,29,30)/t18?,21-,24?/m1/s1. The summed E-state index contributed by atoms with van der Waals surface area (Å²) >= 11 is 2.95. The molecule has 0 bridgehead atoms. The van der Waals surface area contributed by atoms with E-state index >= 15 is 0 Å². The summed E-state index contributed by atoms with van der Waals surface area (Å²) in [5.74, 6) is -1.50. The SMILES string of the molecule is CSCC1(C(=O)OCc2ccccc2)CS[C@@H]2C(NC(=O)c3ccccc3C(=O)O)C(=O)N2C1. The summed E-state index contributed by atoms with van der Waals surface area (Å²) in [5.41, 5.74) is -0.0695. The maximum atomic E-state index is 13.1. The van der Waals surface area contributed by atoms with Crippen LogP contribution < -0.4 is 5.32 Å². The molecule has 0 radical (unpaired) electrons. The predicted octanol–water partition coefficient (Wildman–Crippen LogP) is 2.49. The number of carboxylic acid groups (broad SMARTS) is 1. The van der Waals surface area contributed by atoms with Crippen molar-refractivity contribution in [3.05, 3.63) is 71.3 Å². The summed E-state index contributed by atoms with van der Waals surface area (Å²) < 4.78 is 5.62. The Hall–Kier alpha value is -2.98. The molecular formula is C24H24N2O6S2. The van der Waals surface area contributed by atoms with Crippen molar-refractivity contribution in [2.45, 2.75) is 18.0 Å². The van der Waals surface area contributed by atoms with Gasteiger partial charge in [0.15, 0.2) is 0 Å². The third-order valence-corrected chi connectivity index (χ3v) is 8.33. The fourth-order valence-corrected chi connectivity index (χ4v) is 6.67. The molecule has 2 aliphatic rings. The van der Waals surface area contributed by atoms with Crippen LogP contribution in [0.25, 0.3) is 0 Å². The Morgan fingerprint density at radius 1 is 1.15 bits per heavy atom. The number of nitrogens with one attached hydrogen (secondary N) is 1. The Bertz CT molecular complexity index is 1110. The van der Waals surface area contributed by atoms with Gasteiger partial charge in [0.25, 0.3) is 5.91 Å². The van der Waals surface area contributed by atoms with Crippen molar-refractivity contribution in [3.8, 4) is 0 Å². The number of hydrogen-bond donors (Lipinski definition) is 2. The predicted molar refractivity (Wildman–Crippen MR) is 130 cm³/mol. The Kier molecular flexibility index (Phi) is 7.18. The highest BCUT2D eigenvalue weighted by atomic mass is 32.2. The van der Waals surface area contributed by atoms with Gasteiger partial charge in [0.2, 0.25) is 5.91 Å². The zero-order valence-electron chi connectivity index (χ0n) is 18.4. The molecule has 2 heterocycles. The van der Waals surface area contributed by atoms with Crippen LogP contribution in [0.1, 0.15) is 26.3 Å². The average molecular weight is 501 g/mol. The lowest BCUT2D eigenvalue weighted by molar-refractivity contribution is -0.161. The maximum Gasteiger partial charge on any atom is 0.336 e. The molecule has 8 nitrogen and oxygen atoms in total. The molecule has 0 saturated carbocycles. The summed E-state index contributed by atoms with van der Waals surface area (Å²) in [6, 6.07) is 14.5. The van der Waals surface area contributed by atoms with Crippen molar-refractivity contribution in [1.82, 2.24) is 10.2 Å². The van der Waals surface area contributed by atoms with Gasteiger partial charge in [-0.25, -0.2) is 4.79 Å². The van der Waals surface area contributed by atoms with Gasteiger partial charge in [0, 0.05) is 18.1 Å². The second kappa shape index (κ2) is 10.1. The van der Waals surface area contributed by atoms with Gasteiger partial charge in [-0.05, 0) is 24.0 Å².